The molecular weight excluding hydrogens is 284 g/mol. The smallest absolute Gasteiger partial charge is 0.180 e. The zero-order valence-electron chi connectivity index (χ0n) is 12.6. The van der Waals surface area contributed by atoms with Gasteiger partial charge >= 0.3 is 0 Å². The zero-order chi connectivity index (χ0) is 15.5. The normalized spacial score (nSPS) is 10.8. The second-order valence-electron chi connectivity index (χ2n) is 5.37. The third-order valence-corrected chi connectivity index (χ3v) is 3.75. The molecule has 0 spiro atoms. The summed E-state index contributed by atoms with van der Waals surface area (Å²) >= 11 is 0. The highest BCUT2D eigenvalue weighted by molar-refractivity contribution is 5.65. The molecule has 112 valence electrons. The summed E-state index contributed by atoms with van der Waals surface area (Å²) in [5, 5.41) is 0. The summed E-state index contributed by atoms with van der Waals surface area (Å²) in [6, 6.07) is 24.3. The Kier molecular flexibility index (Phi) is 3.53. The van der Waals surface area contributed by atoms with Gasteiger partial charge in [-0.1, -0.05) is 60.7 Å². The van der Waals surface area contributed by atoms with Crippen LogP contribution < -0.4 is 4.74 Å². The molecule has 2 aromatic carbocycles. The van der Waals surface area contributed by atoms with Crippen LogP contribution in [-0.4, -0.2) is 9.38 Å². The average Bonchev–Trinajstić information content (AvgIpc) is 3.06. The largest absolute Gasteiger partial charge is 0.485 e. The maximum absolute atomic E-state index is 5.97. The molecule has 3 heteroatoms. The van der Waals surface area contributed by atoms with Crippen LogP contribution >= 0.6 is 0 Å². The van der Waals surface area contributed by atoms with Crippen molar-refractivity contribution in [1.29, 1.82) is 0 Å². The third-order valence-electron chi connectivity index (χ3n) is 3.75. The molecule has 23 heavy (non-hydrogen) atoms. The molecule has 0 aliphatic rings. The number of nitrogens with zero attached hydrogens (tertiary/aromatic N) is 2. The molecule has 4 rings (SSSR count). The Morgan fingerprint density at radius 3 is 2.35 bits per heavy atom. The number of rotatable bonds is 4. The van der Waals surface area contributed by atoms with Crippen LogP contribution in [0, 0.1) is 0 Å². The number of imidazole rings is 1. The highest BCUT2D eigenvalue weighted by Crippen LogP contribution is 2.24. The number of pyridine rings is 1. The Balaban J connectivity index is 1.66. The van der Waals surface area contributed by atoms with Crippen LogP contribution in [0.2, 0.25) is 0 Å². The van der Waals surface area contributed by atoms with Crippen LogP contribution in [0.25, 0.3) is 16.9 Å². The van der Waals surface area contributed by atoms with Gasteiger partial charge in [0.25, 0.3) is 0 Å². The Morgan fingerprint density at radius 2 is 1.57 bits per heavy atom. The van der Waals surface area contributed by atoms with Crippen LogP contribution in [-0.2, 0) is 6.61 Å². The van der Waals surface area contributed by atoms with Crippen LogP contribution in [0.4, 0.5) is 0 Å². The summed E-state index contributed by atoms with van der Waals surface area (Å²) in [5.74, 6) is 0.790. The van der Waals surface area contributed by atoms with Gasteiger partial charge in [0.1, 0.15) is 6.61 Å². The third kappa shape index (κ3) is 2.81. The maximum Gasteiger partial charge on any atom is 0.180 e. The van der Waals surface area contributed by atoms with Gasteiger partial charge < -0.3 is 9.14 Å². The van der Waals surface area contributed by atoms with Crippen molar-refractivity contribution < 1.29 is 4.74 Å². The van der Waals surface area contributed by atoms with Gasteiger partial charge in [-0.05, 0) is 17.7 Å². The van der Waals surface area contributed by atoms with Crippen LogP contribution in [0.15, 0.2) is 85.2 Å². The quantitative estimate of drug-likeness (QED) is 0.551. The molecule has 4 aromatic rings. The van der Waals surface area contributed by atoms with Gasteiger partial charge in [-0.15, -0.1) is 0 Å². The zero-order valence-corrected chi connectivity index (χ0v) is 12.6. The van der Waals surface area contributed by atoms with E-state index in [1.165, 1.54) is 0 Å². The fourth-order valence-electron chi connectivity index (χ4n) is 2.58. The molecule has 0 radical (unpaired) electrons. The van der Waals surface area contributed by atoms with E-state index in [9.17, 15) is 0 Å². The van der Waals surface area contributed by atoms with Crippen LogP contribution in [0.3, 0.4) is 0 Å². The van der Waals surface area contributed by atoms with Crippen LogP contribution in [0.5, 0.6) is 5.75 Å². The summed E-state index contributed by atoms with van der Waals surface area (Å²) < 4.78 is 7.97. The Morgan fingerprint density at radius 1 is 0.826 bits per heavy atom. The van der Waals surface area contributed by atoms with Gasteiger partial charge in [0.2, 0.25) is 0 Å². The first kappa shape index (κ1) is 13.6. The van der Waals surface area contributed by atoms with Crippen molar-refractivity contribution >= 4 is 5.65 Å². The predicted molar refractivity (Wildman–Crippen MR) is 91.4 cm³/mol. The maximum atomic E-state index is 5.97. The first-order valence-corrected chi connectivity index (χ1v) is 7.60. The number of hydrogen-bond donors (Lipinski definition) is 0. The number of ether oxygens (including phenoxy) is 1. The van der Waals surface area contributed by atoms with Crippen molar-refractivity contribution in [3.63, 3.8) is 0 Å². The minimum Gasteiger partial charge on any atom is -0.485 e. The monoisotopic (exact) mass is 300 g/mol. The van der Waals surface area contributed by atoms with Crippen molar-refractivity contribution in [1.82, 2.24) is 9.38 Å². The molecule has 0 saturated carbocycles. The van der Waals surface area contributed by atoms with E-state index in [-0.39, 0.29) is 0 Å². The topological polar surface area (TPSA) is 26.5 Å². The van der Waals surface area contributed by atoms with Gasteiger partial charge in [-0.2, -0.15) is 0 Å². The number of benzene rings is 2. The van der Waals surface area contributed by atoms with Crippen molar-refractivity contribution in [2.45, 2.75) is 6.61 Å². The van der Waals surface area contributed by atoms with E-state index in [1.54, 1.807) is 0 Å². The highest BCUT2D eigenvalue weighted by atomic mass is 16.5. The minimum absolute atomic E-state index is 0.536. The van der Waals surface area contributed by atoms with E-state index in [0.29, 0.717) is 6.61 Å². The molecule has 2 heterocycles. The molecule has 0 saturated heterocycles. The summed E-state index contributed by atoms with van der Waals surface area (Å²) in [6.45, 7) is 0.536. The molecule has 0 amide bonds. The van der Waals surface area contributed by atoms with E-state index < -0.39 is 0 Å². The lowest BCUT2D eigenvalue weighted by molar-refractivity contribution is 0.308. The van der Waals surface area contributed by atoms with Crippen molar-refractivity contribution in [2.24, 2.45) is 0 Å². The number of fused-ring (bicyclic) bond motifs is 1. The van der Waals surface area contributed by atoms with Gasteiger partial charge in [-0.25, -0.2) is 4.98 Å². The van der Waals surface area contributed by atoms with Gasteiger partial charge in [0, 0.05) is 18.0 Å². The number of hydrogen-bond acceptors (Lipinski definition) is 2. The molecule has 0 aliphatic carbocycles. The van der Waals surface area contributed by atoms with Gasteiger partial charge in [0.05, 0.1) is 5.69 Å². The van der Waals surface area contributed by atoms with E-state index >= 15 is 0 Å². The molecular formula is C20H16N2O. The molecule has 2 aromatic heterocycles. The van der Waals surface area contributed by atoms with E-state index in [4.69, 9.17) is 9.72 Å². The molecule has 0 aliphatic heterocycles. The van der Waals surface area contributed by atoms with Crippen molar-refractivity contribution in [3.05, 3.63) is 90.8 Å². The SMILES string of the molecule is c1ccc(COc2cccn3cc(-c4ccccc4)nc23)cc1. The first-order valence-electron chi connectivity index (χ1n) is 7.60. The van der Waals surface area contributed by atoms with E-state index in [0.717, 1.165) is 28.2 Å². The lowest BCUT2D eigenvalue weighted by atomic mass is 10.2. The molecule has 0 fully saturated rings. The first-order chi connectivity index (χ1) is 11.4. The Labute approximate surface area is 134 Å². The highest BCUT2D eigenvalue weighted by Gasteiger charge is 2.08. The Hall–Kier alpha value is -3.07. The predicted octanol–water partition coefficient (Wildman–Crippen LogP) is 4.58. The fourth-order valence-corrected chi connectivity index (χ4v) is 2.58. The van der Waals surface area contributed by atoms with Gasteiger partial charge in [0.15, 0.2) is 11.4 Å². The van der Waals surface area contributed by atoms with Crippen LogP contribution in [0.1, 0.15) is 5.56 Å². The summed E-state index contributed by atoms with van der Waals surface area (Å²) in [7, 11) is 0. The number of aromatic nitrogens is 2. The lowest BCUT2D eigenvalue weighted by Crippen LogP contribution is -1.97. The molecule has 0 atom stereocenters. The summed E-state index contributed by atoms with van der Waals surface area (Å²) in [6.07, 6.45) is 4.02. The Bertz CT molecular complexity index is 914. The van der Waals surface area contributed by atoms with Gasteiger partial charge in [-0.3, -0.25) is 0 Å². The lowest BCUT2D eigenvalue weighted by Gasteiger charge is -2.07. The molecule has 0 bridgehead atoms. The van der Waals surface area contributed by atoms with Crippen molar-refractivity contribution in [3.8, 4) is 17.0 Å². The second kappa shape index (κ2) is 5.97. The van der Waals surface area contributed by atoms with Crippen molar-refractivity contribution in [2.75, 3.05) is 0 Å². The van der Waals surface area contributed by atoms with E-state index in [2.05, 4.69) is 24.3 Å². The van der Waals surface area contributed by atoms with E-state index in [1.807, 2.05) is 65.3 Å². The molecule has 0 unspecified atom stereocenters. The average molecular weight is 300 g/mol. The standard InChI is InChI=1S/C20H16N2O/c1-3-8-16(9-4-1)15-23-19-12-7-13-22-14-18(21-20(19)22)17-10-5-2-6-11-17/h1-14H,15H2. The molecule has 0 N–H and O–H groups in total. The summed E-state index contributed by atoms with van der Waals surface area (Å²) in [4.78, 5) is 4.73. The second-order valence-corrected chi connectivity index (χ2v) is 5.37. The fraction of sp³-hybridized carbons (Fsp3) is 0.0500. The molecule has 3 nitrogen and oxygen atoms in total. The summed E-state index contributed by atoms with van der Waals surface area (Å²) in [5.41, 5.74) is 4.03. The minimum atomic E-state index is 0.536.